The predicted octanol–water partition coefficient (Wildman–Crippen LogP) is 1.66. The summed E-state index contributed by atoms with van der Waals surface area (Å²) in [7, 11) is 0. The molecule has 0 radical (unpaired) electrons. The summed E-state index contributed by atoms with van der Waals surface area (Å²) >= 11 is 7.88. The first kappa shape index (κ1) is 42.6. The standard InChI is InChI=1S/C18H18N2O6S.C10H12N2O5S.C8H7ClO/c1-10(21)26-8-12-9-27-17-14(16(23)20(17)15(12)18(24)25)19-13(22)7-11-5-3-2-4-6-11;1-4(13)17-2-5-3-18-9-6(11)8(14)12(9)7(5)10(15)16;9-8(10)6-7-4-2-1-3-5-7/h2-6,14,17H,7-9H2,1H3,(H,19,22)(H,24,25);6,9H,2-3,11H2,1H3,(H,15,16);1-5H,6H2. The number of nitrogens with zero attached hydrogens (tertiary/aromatic N) is 2. The van der Waals surface area contributed by atoms with Gasteiger partial charge in [0.1, 0.15) is 47.4 Å². The SMILES string of the molecule is CC(=O)OCC1=C(C(=O)O)N2C(=O)C(N)C2SC1.CC(=O)OCC1=C(C(=O)O)N2C(=O)C(NC(=O)Cc3ccccc3)C2SC1.O=C(Cl)Cc1ccccc1. The van der Waals surface area contributed by atoms with Crippen molar-refractivity contribution in [3.8, 4) is 0 Å². The van der Waals surface area contributed by atoms with Gasteiger partial charge in [-0.1, -0.05) is 60.7 Å². The lowest BCUT2D eigenvalue weighted by atomic mass is 10.0. The van der Waals surface area contributed by atoms with Crippen molar-refractivity contribution in [1.29, 1.82) is 0 Å². The molecule has 2 aromatic rings. The van der Waals surface area contributed by atoms with Gasteiger partial charge in [-0.15, -0.1) is 23.5 Å². The second-order valence-electron chi connectivity index (χ2n) is 12.1. The maximum Gasteiger partial charge on any atom is 0.352 e. The molecule has 0 aromatic heterocycles. The van der Waals surface area contributed by atoms with Crippen molar-refractivity contribution in [3.63, 3.8) is 0 Å². The van der Waals surface area contributed by atoms with E-state index in [1.165, 1.54) is 42.3 Å². The lowest BCUT2D eigenvalue weighted by Crippen LogP contribution is -2.70. The Hall–Kier alpha value is -5.17. The maximum absolute atomic E-state index is 12.5. The normalized spacial score (nSPS) is 20.8. The van der Waals surface area contributed by atoms with Crippen LogP contribution in [0.15, 0.2) is 83.2 Å². The van der Waals surface area contributed by atoms with Crippen molar-refractivity contribution in [2.45, 2.75) is 49.5 Å². The third-order valence-corrected chi connectivity index (χ3v) is 11.0. The first-order valence-corrected chi connectivity index (χ1v) is 19.0. The van der Waals surface area contributed by atoms with Crippen LogP contribution in [0.1, 0.15) is 25.0 Å². The number of benzene rings is 2. The molecule has 2 aromatic carbocycles. The van der Waals surface area contributed by atoms with Crippen LogP contribution in [-0.4, -0.2) is 114 Å². The smallest absolute Gasteiger partial charge is 0.352 e. The zero-order valence-corrected chi connectivity index (χ0v) is 31.9. The number of ether oxygens (including phenoxy) is 2. The number of thioether (sulfide) groups is 2. The molecule has 19 heteroatoms. The number of amides is 3. The Labute approximate surface area is 328 Å². The summed E-state index contributed by atoms with van der Waals surface area (Å²) in [6, 6.07) is 17.1. The van der Waals surface area contributed by atoms with Gasteiger partial charge in [0.2, 0.25) is 17.1 Å². The van der Waals surface area contributed by atoms with Crippen molar-refractivity contribution < 1.29 is 58.0 Å². The fourth-order valence-corrected chi connectivity index (χ4v) is 8.38. The lowest BCUT2D eigenvalue weighted by Gasteiger charge is -2.49. The second kappa shape index (κ2) is 19.4. The molecule has 6 rings (SSSR count). The third kappa shape index (κ3) is 11.0. The minimum Gasteiger partial charge on any atom is -0.477 e. The van der Waals surface area contributed by atoms with Gasteiger partial charge in [-0.25, -0.2) is 9.59 Å². The zero-order valence-electron chi connectivity index (χ0n) is 29.5. The van der Waals surface area contributed by atoms with Gasteiger partial charge in [-0.05, 0) is 22.7 Å². The lowest BCUT2D eigenvalue weighted by molar-refractivity contribution is -0.151. The molecule has 0 aliphatic carbocycles. The topological polar surface area (TPSA) is 240 Å². The fraction of sp³-hybridized carbons (Fsp3) is 0.333. The highest BCUT2D eigenvalue weighted by molar-refractivity contribution is 8.00. The molecule has 0 saturated carbocycles. The average Bonchev–Trinajstić information content (AvgIpc) is 3.15. The Morgan fingerprint density at radius 2 is 1.18 bits per heavy atom. The van der Waals surface area contributed by atoms with E-state index >= 15 is 0 Å². The molecular weight excluding hydrogens is 780 g/mol. The first-order valence-electron chi connectivity index (χ1n) is 16.5. The molecule has 0 bridgehead atoms. The largest absolute Gasteiger partial charge is 0.477 e. The molecule has 0 spiro atoms. The van der Waals surface area contributed by atoms with Crippen molar-refractivity contribution >= 4 is 82.0 Å². The summed E-state index contributed by atoms with van der Waals surface area (Å²) in [5.41, 5.74) is 7.88. The number of nitrogens with two attached hydrogens (primary N) is 1. The molecule has 292 valence electrons. The highest BCUT2D eigenvalue weighted by Gasteiger charge is 2.54. The minimum absolute atomic E-state index is 0.105. The van der Waals surface area contributed by atoms with E-state index in [0.717, 1.165) is 16.0 Å². The van der Waals surface area contributed by atoms with E-state index in [-0.39, 0.29) is 47.6 Å². The molecule has 2 saturated heterocycles. The van der Waals surface area contributed by atoms with Crippen LogP contribution >= 0.6 is 35.1 Å². The van der Waals surface area contributed by atoms with Gasteiger partial charge in [0.05, 0.1) is 6.42 Å². The fourth-order valence-electron chi connectivity index (χ4n) is 5.62. The van der Waals surface area contributed by atoms with Crippen molar-refractivity contribution in [1.82, 2.24) is 15.1 Å². The number of nitrogens with one attached hydrogen (secondary N) is 1. The van der Waals surface area contributed by atoms with E-state index in [2.05, 4.69) is 5.32 Å². The summed E-state index contributed by atoms with van der Waals surface area (Å²) < 4.78 is 9.67. The summed E-state index contributed by atoms with van der Waals surface area (Å²) in [6.45, 7) is 2.18. The number of β-lactam (4-membered cyclic amide) rings is 2. The third-order valence-electron chi connectivity index (χ3n) is 8.15. The van der Waals surface area contributed by atoms with Crippen LogP contribution in [0, 0.1) is 0 Å². The summed E-state index contributed by atoms with van der Waals surface area (Å²) in [5.74, 6) is -3.99. The number of esters is 2. The average molecular weight is 817 g/mol. The van der Waals surface area contributed by atoms with Crippen LogP contribution in [0.3, 0.4) is 0 Å². The van der Waals surface area contributed by atoms with Crippen LogP contribution in [0.2, 0.25) is 0 Å². The highest BCUT2D eigenvalue weighted by atomic mass is 35.5. The van der Waals surface area contributed by atoms with E-state index < -0.39 is 53.1 Å². The maximum atomic E-state index is 12.5. The van der Waals surface area contributed by atoms with Gasteiger partial charge >= 0.3 is 23.9 Å². The Kier molecular flexibility index (Phi) is 15.0. The van der Waals surface area contributed by atoms with Gasteiger partial charge in [0.25, 0.3) is 5.91 Å². The number of fused-ring (bicyclic) bond motifs is 2. The van der Waals surface area contributed by atoms with E-state index in [1.807, 2.05) is 60.7 Å². The van der Waals surface area contributed by atoms with Crippen molar-refractivity contribution in [2.75, 3.05) is 24.7 Å². The monoisotopic (exact) mass is 816 g/mol. The van der Waals surface area contributed by atoms with E-state index in [1.54, 1.807) is 0 Å². The minimum atomic E-state index is -1.26. The molecular formula is C36H37ClN4O12S2. The molecule has 4 aliphatic rings. The number of carbonyl (C=O) groups is 8. The molecule has 4 atom stereocenters. The van der Waals surface area contributed by atoms with Crippen LogP contribution in [0.25, 0.3) is 0 Å². The predicted molar refractivity (Wildman–Crippen MR) is 200 cm³/mol. The van der Waals surface area contributed by atoms with Crippen LogP contribution in [0.5, 0.6) is 0 Å². The Morgan fingerprint density at radius 1 is 0.745 bits per heavy atom. The van der Waals surface area contributed by atoms with Crippen LogP contribution < -0.4 is 11.1 Å². The number of carboxylic acid groups (broad SMARTS) is 2. The summed E-state index contributed by atoms with van der Waals surface area (Å²) in [5, 5.41) is 20.2. The van der Waals surface area contributed by atoms with Gasteiger partial charge in [-0.3, -0.25) is 38.6 Å². The number of rotatable bonds is 11. The number of carbonyl (C=O) groups excluding carboxylic acids is 6. The number of hydrogen-bond acceptors (Lipinski definition) is 13. The molecule has 55 heavy (non-hydrogen) atoms. The van der Waals surface area contributed by atoms with Gasteiger partial charge < -0.3 is 30.7 Å². The number of aliphatic carboxylic acids is 2. The Balaban J connectivity index is 0.000000205. The van der Waals surface area contributed by atoms with Crippen LogP contribution in [0.4, 0.5) is 0 Å². The molecule has 16 nitrogen and oxygen atoms in total. The number of halogens is 1. The van der Waals surface area contributed by atoms with Crippen molar-refractivity contribution in [3.05, 3.63) is 94.3 Å². The summed E-state index contributed by atoms with van der Waals surface area (Å²) in [6.07, 6.45) is 0.462. The molecule has 4 heterocycles. The molecule has 2 fully saturated rings. The van der Waals surface area contributed by atoms with E-state index in [9.17, 15) is 43.5 Å². The molecule has 4 aliphatic heterocycles. The summed E-state index contributed by atoms with van der Waals surface area (Å²) in [4.78, 5) is 93.5. The van der Waals surface area contributed by atoms with Crippen molar-refractivity contribution in [2.24, 2.45) is 5.73 Å². The number of hydrogen-bond donors (Lipinski definition) is 4. The highest BCUT2D eigenvalue weighted by Crippen LogP contribution is 2.41. The van der Waals surface area contributed by atoms with Crippen LogP contribution in [-0.2, 0) is 60.7 Å². The molecule has 4 unspecified atom stereocenters. The van der Waals surface area contributed by atoms with Gasteiger partial charge in [0.15, 0.2) is 0 Å². The quantitative estimate of drug-likeness (QED) is 0.143. The van der Waals surface area contributed by atoms with E-state index in [4.69, 9.17) is 31.9 Å². The zero-order chi connectivity index (χ0) is 40.4. The van der Waals surface area contributed by atoms with E-state index in [0.29, 0.717) is 29.1 Å². The molecule has 3 amide bonds. The Bertz CT molecular complexity index is 1910. The second-order valence-corrected chi connectivity index (χ2v) is 14.8. The van der Waals surface area contributed by atoms with Gasteiger partial charge in [0, 0.05) is 42.9 Å². The molecule has 5 N–H and O–H groups in total. The number of carboxylic acids is 2. The Morgan fingerprint density at radius 3 is 1.62 bits per heavy atom. The van der Waals surface area contributed by atoms with Gasteiger partial charge in [-0.2, -0.15) is 0 Å². The first-order chi connectivity index (χ1) is 26.1.